The van der Waals surface area contributed by atoms with Crippen LogP contribution >= 0.6 is 11.6 Å². The minimum absolute atomic E-state index is 0.0271. The normalized spacial score (nSPS) is 19.9. The van der Waals surface area contributed by atoms with Crippen LogP contribution in [0.15, 0.2) is 27.6 Å². The van der Waals surface area contributed by atoms with Crippen molar-refractivity contribution in [2.24, 2.45) is 0 Å². The zero-order chi connectivity index (χ0) is 22.8. The van der Waals surface area contributed by atoms with Gasteiger partial charge in [0, 0.05) is 20.0 Å². The summed E-state index contributed by atoms with van der Waals surface area (Å²) in [6.07, 6.45) is 5.27. The van der Waals surface area contributed by atoms with Gasteiger partial charge >= 0.3 is 0 Å². The van der Waals surface area contributed by atoms with Crippen molar-refractivity contribution in [2.75, 3.05) is 26.3 Å². The summed E-state index contributed by atoms with van der Waals surface area (Å²) in [5.41, 5.74) is -0.682. The molecule has 1 aliphatic carbocycles. The second-order valence-corrected chi connectivity index (χ2v) is 10.6. The molecule has 1 aliphatic heterocycles. The van der Waals surface area contributed by atoms with Crippen LogP contribution in [-0.2, 0) is 20.3 Å². The van der Waals surface area contributed by atoms with Crippen LogP contribution in [0, 0.1) is 6.92 Å². The summed E-state index contributed by atoms with van der Waals surface area (Å²) in [5.74, 6) is 0.409. The number of carbonyl (C=O) groups is 1. The van der Waals surface area contributed by atoms with E-state index in [0.717, 1.165) is 25.7 Å². The van der Waals surface area contributed by atoms with Gasteiger partial charge in [0.1, 0.15) is 5.54 Å². The summed E-state index contributed by atoms with van der Waals surface area (Å²) in [7, 11) is -3.76. The van der Waals surface area contributed by atoms with Crippen molar-refractivity contribution in [2.45, 2.75) is 55.9 Å². The van der Waals surface area contributed by atoms with E-state index < -0.39 is 21.5 Å². The molecule has 1 aromatic heterocycles. The highest BCUT2D eigenvalue weighted by Crippen LogP contribution is 2.35. The third-order valence-electron chi connectivity index (χ3n) is 6.06. The van der Waals surface area contributed by atoms with Gasteiger partial charge in [-0.1, -0.05) is 42.4 Å². The number of rotatable bonds is 5. The largest absolute Gasteiger partial charge is 0.379 e. The van der Waals surface area contributed by atoms with Gasteiger partial charge in [0.25, 0.3) is 5.91 Å². The van der Waals surface area contributed by atoms with E-state index in [1.54, 1.807) is 6.92 Å². The van der Waals surface area contributed by atoms with Crippen molar-refractivity contribution in [3.63, 3.8) is 0 Å². The van der Waals surface area contributed by atoms with E-state index in [1.807, 2.05) is 0 Å². The highest BCUT2D eigenvalue weighted by Gasteiger charge is 2.39. The number of halogens is 1. The molecule has 32 heavy (non-hydrogen) atoms. The fourth-order valence-corrected chi connectivity index (χ4v) is 5.93. The number of nitrogens with zero attached hydrogens (tertiary/aromatic N) is 3. The maximum atomic E-state index is 13.4. The summed E-state index contributed by atoms with van der Waals surface area (Å²) < 4.78 is 37.9. The Kier molecular flexibility index (Phi) is 6.85. The van der Waals surface area contributed by atoms with E-state index in [1.165, 1.54) is 22.5 Å². The first kappa shape index (κ1) is 23.2. The second-order valence-electron chi connectivity index (χ2n) is 8.25. The number of hydrogen-bond donors (Lipinski definition) is 1. The van der Waals surface area contributed by atoms with Crippen LogP contribution in [0.5, 0.6) is 0 Å². The van der Waals surface area contributed by atoms with Gasteiger partial charge in [-0.3, -0.25) is 4.79 Å². The lowest BCUT2D eigenvalue weighted by Crippen LogP contribution is -2.46. The Bertz CT molecular complexity index is 1070. The molecule has 1 N–H and O–H groups in total. The van der Waals surface area contributed by atoms with E-state index in [-0.39, 0.29) is 28.6 Å². The van der Waals surface area contributed by atoms with E-state index in [2.05, 4.69) is 15.5 Å². The third kappa shape index (κ3) is 4.68. The van der Waals surface area contributed by atoms with Gasteiger partial charge in [-0.15, -0.1) is 0 Å². The Hall–Kier alpha value is -2.01. The number of nitrogens with one attached hydrogen (secondary N) is 1. The Morgan fingerprint density at radius 3 is 2.47 bits per heavy atom. The predicted molar refractivity (Wildman–Crippen MR) is 117 cm³/mol. The highest BCUT2D eigenvalue weighted by atomic mass is 35.5. The molecule has 1 aromatic carbocycles. The topological polar surface area (TPSA) is 115 Å². The number of hydrogen-bond acceptors (Lipinski definition) is 7. The number of amides is 1. The van der Waals surface area contributed by atoms with Gasteiger partial charge in [0.05, 0.1) is 28.7 Å². The number of aromatic nitrogens is 2. The first-order valence-corrected chi connectivity index (χ1v) is 12.6. The summed E-state index contributed by atoms with van der Waals surface area (Å²) in [5, 5.41) is 7.35. The van der Waals surface area contributed by atoms with Crippen molar-refractivity contribution in [1.29, 1.82) is 0 Å². The van der Waals surface area contributed by atoms with Crippen molar-refractivity contribution in [3.8, 4) is 0 Å². The van der Waals surface area contributed by atoms with E-state index in [9.17, 15) is 13.2 Å². The van der Waals surface area contributed by atoms with Gasteiger partial charge < -0.3 is 14.6 Å². The summed E-state index contributed by atoms with van der Waals surface area (Å²) >= 11 is 6.33. The van der Waals surface area contributed by atoms with Crippen molar-refractivity contribution < 1.29 is 22.5 Å². The van der Waals surface area contributed by atoms with Crippen LogP contribution in [0.4, 0.5) is 0 Å². The maximum absolute atomic E-state index is 13.4. The summed E-state index contributed by atoms with van der Waals surface area (Å²) in [6.45, 7) is 2.93. The summed E-state index contributed by atoms with van der Waals surface area (Å²) in [6, 6.07) is 4.21. The molecule has 2 heterocycles. The quantitative estimate of drug-likeness (QED) is 0.651. The molecule has 0 unspecified atom stereocenters. The lowest BCUT2D eigenvalue weighted by Gasteiger charge is -2.31. The van der Waals surface area contributed by atoms with Gasteiger partial charge in [-0.2, -0.15) is 9.29 Å². The molecular formula is C21H27ClN4O5S. The first-order valence-electron chi connectivity index (χ1n) is 10.8. The molecule has 11 heteroatoms. The molecule has 9 nitrogen and oxygen atoms in total. The number of benzene rings is 1. The SMILES string of the molecule is Cc1nc(C2(NC(=O)c3cc(S(=O)(=O)N4CCOCC4)ccc3Cl)CCCCCC2)no1. The lowest BCUT2D eigenvalue weighted by molar-refractivity contribution is 0.0730. The monoisotopic (exact) mass is 482 g/mol. The average molecular weight is 483 g/mol. The predicted octanol–water partition coefficient (Wildman–Crippen LogP) is 3.03. The van der Waals surface area contributed by atoms with Crippen LogP contribution in [0.1, 0.15) is 60.6 Å². The molecule has 0 spiro atoms. The number of carbonyl (C=O) groups excluding carboxylic acids is 1. The smallest absolute Gasteiger partial charge is 0.253 e. The molecule has 1 saturated heterocycles. The van der Waals surface area contributed by atoms with Crippen LogP contribution < -0.4 is 5.32 Å². The molecule has 0 atom stereocenters. The molecule has 1 saturated carbocycles. The third-order valence-corrected chi connectivity index (χ3v) is 8.28. The molecule has 4 rings (SSSR count). The fraction of sp³-hybridized carbons (Fsp3) is 0.571. The zero-order valence-electron chi connectivity index (χ0n) is 18.0. The maximum Gasteiger partial charge on any atom is 0.253 e. The molecule has 1 amide bonds. The van der Waals surface area contributed by atoms with Crippen molar-refractivity contribution >= 4 is 27.5 Å². The van der Waals surface area contributed by atoms with Crippen LogP contribution in [0.2, 0.25) is 5.02 Å². The van der Waals surface area contributed by atoms with E-state index >= 15 is 0 Å². The van der Waals surface area contributed by atoms with Crippen molar-refractivity contribution in [1.82, 2.24) is 19.8 Å². The van der Waals surface area contributed by atoms with Crippen molar-refractivity contribution in [3.05, 3.63) is 40.5 Å². The zero-order valence-corrected chi connectivity index (χ0v) is 19.5. The minimum Gasteiger partial charge on any atom is -0.379 e. The van der Waals surface area contributed by atoms with E-state index in [0.29, 0.717) is 37.8 Å². The Labute approximate surface area is 192 Å². The van der Waals surface area contributed by atoms with Crippen LogP contribution in [-0.4, -0.2) is 55.1 Å². The molecule has 0 bridgehead atoms. The molecule has 2 aliphatic rings. The second kappa shape index (κ2) is 9.46. The molecular weight excluding hydrogens is 456 g/mol. The molecule has 0 radical (unpaired) electrons. The lowest BCUT2D eigenvalue weighted by atomic mass is 9.88. The van der Waals surface area contributed by atoms with Gasteiger partial charge in [0.2, 0.25) is 15.9 Å². The fourth-order valence-electron chi connectivity index (χ4n) is 4.29. The number of sulfonamides is 1. The number of aryl methyl sites for hydroxylation is 1. The first-order chi connectivity index (χ1) is 15.3. The Morgan fingerprint density at radius 1 is 1.16 bits per heavy atom. The minimum atomic E-state index is -3.76. The Balaban J connectivity index is 1.65. The molecule has 2 fully saturated rings. The molecule has 2 aromatic rings. The van der Waals surface area contributed by atoms with Crippen LogP contribution in [0.25, 0.3) is 0 Å². The van der Waals surface area contributed by atoms with E-state index in [4.69, 9.17) is 20.9 Å². The van der Waals surface area contributed by atoms with Gasteiger partial charge in [0.15, 0.2) is 5.82 Å². The van der Waals surface area contributed by atoms with Gasteiger partial charge in [-0.05, 0) is 31.0 Å². The van der Waals surface area contributed by atoms with Crippen LogP contribution in [0.3, 0.4) is 0 Å². The highest BCUT2D eigenvalue weighted by molar-refractivity contribution is 7.89. The standard InChI is InChI=1S/C21H27ClN4O5S/c1-15-23-20(25-31-15)21(8-4-2-3-5-9-21)24-19(27)17-14-16(6-7-18(17)22)32(28,29)26-10-12-30-13-11-26/h6-7,14H,2-5,8-13H2,1H3,(H,24,27). The molecule has 174 valence electrons. The average Bonchev–Trinajstić information content (AvgIpc) is 3.09. The number of ether oxygens (including phenoxy) is 1. The Morgan fingerprint density at radius 2 is 1.84 bits per heavy atom. The van der Waals surface area contributed by atoms with Gasteiger partial charge in [-0.25, -0.2) is 8.42 Å². The number of morpholine rings is 1. The summed E-state index contributed by atoms with van der Waals surface area (Å²) in [4.78, 5) is 17.8.